The summed E-state index contributed by atoms with van der Waals surface area (Å²) in [5.74, 6) is 0.105. The number of hydrogen-bond donors (Lipinski definition) is 0. The van der Waals surface area contributed by atoms with Gasteiger partial charge in [0.1, 0.15) is 5.75 Å². The lowest BCUT2D eigenvalue weighted by atomic mass is 10.2. The van der Waals surface area contributed by atoms with Crippen molar-refractivity contribution in [2.24, 2.45) is 0 Å². The van der Waals surface area contributed by atoms with Gasteiger partial charge in [0.2, 0.25) is 0 Å². The van der Waals surface area contributed by atoms with E-state index < -0.39 is 11.0 Å². The molecule has 25 heavy (non-hydrogen) atoms. The molecule has 0 saturated carbocycles. The first-order chi connectivity index (χ1) is 11.9. The van der Waals surface area contributed by atoms with Gasteiger partial charge in [-0.1, -0.05) is 30.3 Å². The number of methoxy groups -OCH3 is 1. The number of nitrogens with zero attached hydrogens (tertiary/aromatic N) is 2. The summed E-state index contributed by atoms with van der Waals surface area (Å²) in [7, 11) is 3.09. The van der Waals surface area contributed by atoms with Crippen LogP contribution in [0.4, 0.5) is 5.69 Å². The van der Waals surface area contributed by atoms with Crippen molar-refractivity contribution in [3.63, 3.8) is 0 Å². The molecule has 0 radical (unpaired) electrons. The fourth-order valence-corrected chi connectivity index (χ4v) is 2.35. The van der Waals surface area contributed by atoms with Gasteiger partial charge in [0, 0.05) is 13.6 Å². The zero-order valence-electron chi connectivity index (χ0n) is 14.3. The van der Waals surface area contributed by atoms with Crippen LogP contribution in [0, 0.1) is 10.1 Å². The van der Waals surface area contributed by atoms with Gasteiger partial charge in [0.25, 0.3) is 5.91 Å². The van der Waals surface area contributed by atoms with E-state index in [2.05, 4.69) is 0 Å². The molecule has 0 heterocycles. The summed E-state index contributed by atoms with van der Waals surface area (Å²) < 4.78 is 10.5. The molecule has 132 valence electrons. The van der Waals surface area contributed by atoms with Crippen molar-refractivity contribution < 1.29 is 19.2 Å². The molecule has 0 aliphatic carbocycles. The summed E-state index contributed by atoms with van der Waals surface area (Å²) >= 11 is 0. The average molecular weight is 344 g/mol. The van der Waals surface area contributed by atoms with Crippen LogP contribution >= 0.6 is 0 Å². The maximum atomic E-state index is 12.5. The van der Waals surface area contributed by atoms with Gasteiger partial charge in [-0.15, -0.1) is 0 Å². The van der Waals surface area contributed by atoms with E-state index in [1.165, 1.54) is 24.1 Å². The second kappa shape index (κ2) is 8.14. The van der Waals surface area contributed by atoms with Gasteiger partial charge in [-0.05, 0) is 24.6 Å². The minimum atomic E-state index is -0.860. The Bertz CT molecular complexity index is 748. The molecule has 0 aliphatic heterocycles. The summed E-state index contributed by atoms with van der Waals surface area (Å²) in [5, 5.41) is 11.2. The van der Waals surface area contributed by atoms with E-state index in [-0.39, 0.29) is 17.3 Å². The van der Waals surface area contributed by atoms with Crippen LogP contribution in [0.2, 0.25) is 0 Å². The lowest BCUT2D eigenvalue weighted by Crippen LogP contribution is -2.37. The van der Waals surface area contributed by atoms with E-state index in [9.17, 15) is 14.9 Å². The third-order valence-electron chi connectivity index (χ3n) is 3.65. The third-order valence-corrected chi connectivity index (χ3v) is 3.65. The maximum Gasteiger partial charge on any atom is 0.314 e. The molecular formula is C18H20N2O5. The summed E-state index contributed by atoms with van der Waals surface area (Å²) in [5.41, 5.74) is 0.741. The van der Waals surface area contributed by atoms with Gasteiger partial charge in [0.15, 0.2) is 11.9 Å². The summed E-state index contributed by atoms with van der Waals surface area (Å²) in [6, 6.07) is 13.8. The smallest absolute Gasteiger partial charge is 0.314 e. The number of amides is 1. The standard InChI is InChI=1S/C18H20N2O5/c1-13(18(21)19(2)12-14-7-5-4-6-8-14)25-17-10-9-15(24-3)11-16(17)20(22)23/h4-11,13H,12H2,1-3H3. The number of benzene rings is 2. The van der Waals surface area contributed by atoms with Crippen molar-refractivity contribution in [3.05, 3.63) is 64.2 Å². The molecule has 0 aliphatic rings. The van der Waals surface area contributed by atoms with E-state index in [0.717, 1.165) is 5.56 Å². The first kappa shape index (κ1) is 18.3. The second-order valence-corrected chi connectivity index (χ2v) is 5.53. The van der Waals surface area contributed by atoms with E-state index in [1.54, 1.807) is 20.0 Å². The molecule has 7 nitrogen and oxygen atoms in total. The molecular weight excluding hydrogens is 324 g/mol. The molecule has 0 saturated heterocycles. The zero-order chi connectivity index (χ0) is 18.4. The van der Waals surface area contributed by atoms with Gasteiger partial charge in [-0.3, -0.25) is 14.9 Å². The van der Waals surface area contributed by atoms with Gasteiger partial charge >= 0.3 is 5.69 Å². The molecule has 1 atom stereocenters. The number of carbonyl (C=O) groups excluding carboxylic acids is 1. The van der Waals surface area contributed by atoms with Crippen LogP contribution in [-0.4, -0.2) is 36.0 Å². The molecule has 2 aromatic rings. The SMILES string of the molecule is COc1ccc(OC(C)C(=O)N(C)Cc2ccccc2)c([N+](=O)[O-])c1. The number of carbonyl (C=O) groups is 1. The zero-order valence-corrected chi connectivity index (χ0v) is 14.3. The number of rotatable bonds is 7. The van der Waals surface area contributed by atoms with Crippen LogP contribution < -0.4 is 9.47 Å². The highest BCUT2D eigenvalue weighted by Crippen LogP contribution is 2.31. The highest BCUT2D eigenvalue weighted by Gasteiger charge is 2.24. The predicted octanol–water partition coefficient (Wildman–Crippen LogP) is 3.03. The highest BCUT2D eigenvalue weighted by molar-refractivity contribution is 5.80. The van der Waals surface area contributed by atoms with E-state index in [4.69, 9.17) is 9.47 Å². The van der Waals surface area contributed by atoms with Crippen molar-refractivity contribution in [2.75, 3.05) is 14.2 Å². The Morgan fingerprint density at radius 2 is 1.92 bits per heavy atom. The molecule has 0 N–H and O–H groups in total. The number of likely N-dealkylation sites (N-methyl/N-ethyl adjacent to an activating group) is 1. The number of nitro groups is 1. The Morgan fingerprint density at radius 3 is 2.52 bits per heavy atom. The predicted molar refractivity (Wildman–Crippen MR) is 92.7 cm³/mol. The minimum absolute atomic E-state index is 0.0276. The molecule has 1 amide bonds. The molecule has 0 bridgehead atoms. The monoisotopic (exact) mass is 344 g/mol. The van der Waals surface area contributed by atoms with Crippen molar-refractivity contribution in [3.8, 4) is 11.5 Å². The van der Waals surface area contributed by atoms with E-state index >= 15 is 0 Å². The molecule has 0 aromatic heterocycles. The quantitative estimate of drug-likeness (QED) is 0.569. The van der Waals surface area contributed by atoms with Crippen LogP contribution in [0.15, 0.2) is 48.5 Å². The Kier molecular flexibility index (Phi) is 5.94. The number of hydrogen-bond acceptors (Lipinski definition) is 5. The van der Waals surface area contributed by atoms with Crippen LogP contribution in [-0.2, 0) is 11.3 Å². The number of ether oxygens (including phenoxy) is 2. The largest absolute Gasteiger partial charge is 0.496 e. The van der Waals surface area contributed by atoms with Crippen LogP contribution in [0.1, 0.15) is 12.5 Å². The number of nitro benzene ring substituents is 1. The van der Waals surface area contributed by atoms with Gasteiger partial charge in [-0.2, -0.15) is 0 Å². The van der Waals surface area contributed by atoms with Crippen molar-refractivity contribution in [1.29, 1.82) is 0 Å². The first-order valence-electron chi connectivity index (χ1n) is 7.70. The maximum absolute atomic E-state index is 12.5. The normalized spacial score (nSPS) is 11.5. The summed E-state index contributed by atoms with van der Waals surface area (Å²) in [6.07, 6.45) is -0.860. The molecule has 7 heteroatoms. The molecule has 2 rings (SSSR count). The molecule has 0 fully saturated rings. The average Bonchev–Trinajstić information content (AvgIpc) is 2.61. The van der Waals surface area contributed by atoms with E-state index in [1.807, 2.05) is 30.3 Å². The second-order valence-electron chi connectivity index (χ2n) is 5.53. The van der Waals surface area contributed by atoms with Crippen LogP contribution in [0.3, 0.4) is 0 Å². The van der Waals surface area contributed by atoms with Crippen molar-refractivity contribution >= 4 is 11.6 Å². The summed E-state index contributed by atoms with van der Waals surface area (Å²) in [4.78, 5) is 24.6. The first-order valence-corrected chi connectivity index (χ1v) is 7.70. The Labute approximate surface area is 145 Å². The van der Waals surface area contributed by atoms with Crippen molar-refractivity contribution in [2.45, 2.75) is 19.6 Å². The lowest BCUT2D eigenvalue weighted by Gasteiger charge is -2.22. The van der Waals surface area contributed by atoms with Crippen LogP contribution in [0.5, 0.6) is 11.5 Å². The van der Waals surface area contributed by atoms with Gasteiger partial charge in [0.05, 0.1) is 18.1 Å². The van der Waals surface area contributed by atoms with E-state index in [0.29, 0.717) is 12.3 Å². The molecule has 1 unspecified atom stereocenters. The fourth-order valence-electron chi connectivity index (χ4n) is 2.35. The van der Waals surface area contributed by atoms with Crippen LogP contribution in [0.25, 0.3) is 0 Å². The van der Waals surface area contributed by atoms with Gasteiger partial charge in [-0.25, -0.2) is 0 Å². The highest BCUT2D eigenvalue weighted by atomic mass is 16.6. The Balaban J connectivity index is 2.09. The summed E-state index contributed by atoms with van der Waals surface area (Å²) in [6.45, 7) is 2.00. The fraction of sp³-hybridized carbons (Fsp3) is 0.278. The molecule has 0 spiro atoms. The Morgan fingerprint density at radius 1 is 1.24 bits per heavy atom. The topological polar surface area (TPSA) is 81.9 Å². The van der Waals surface area contributed by atoms with Gasteiger partial charge < -0.3 is 14.4 Å². The lowest BCUT2D eigenvalue weighted by molar-refractivity contribution is -0.386. The minimum Gasteiger partial charge on any atom is -0.496 e. The Hall–Kier alpha value is -3.09. The van der Waals surface area contributed by atoms with Crippen molar-refractivity contribution in [1.82, 2.24) is 4.90 Å². The molecule has 2 aromatic carbocycles. The third kappa shape index (κ3) is 4.69.